The molecule has 5 heteroatoms. The summed E-state index contributed by atoms with van der Waals surface area (Å²) in [7, 11) is 0. The van der Waals surface area contributed by atoms with Crippen molar-refractivity contribution in [2.45, 2.75) is 13.3 Å². The standard InChI is InChI=1S/C16H14FN3O/c1-10-4-2-3-5-11(10)8-15-19-16(21-20-15)13-7-6-12(18)9-14(13)17/h2-7,9H,8,18H2,1H3. The Balaban J connectivity index is 1.88. The lowest BCUT2D eigenvalue weighted by atomic mass is 10.1. The lowest BCUT2D eigenvalue weighted by Crippen LogP contribution is -1.94. The van der Waals surface area contributed by atoms with Crippen LogP contribution < -0.4 is 5.73 Å². The topological polar surface area (TPSA) is 64.9 Å². The van der Waals surface area contributed by atoms with Crippen molar-refractivity contribution in [3.05, 3.63) is 65.2 Å². The van der Waals surface area contributed by atoms with Crippen molar-refractivity contribution >= 4 is 5.69 Å². The molecule has 0 saturated carbocycles. The van der Waals surface area contributed by atoms with Crippen LogP contribution in [0.4, 0.5) is 10.1 Å². The Kier molecular flexibility index (Phi) is 3.39. The minimum Gasteiger partial charge on any atom is -0.399 e. The third-order valence-electron chi connectivity index (χ3n) is 3.30. The van der Waals surface area contributed by atoms with Gasteiger partial charge in [-0.05, 0) is 36.2 Å². The zero-order valence-corrected chi connectivity index (χ0v) is 11.5. The van der Waals surface area contributed by atoms with E-state index in [2.05, 4.69) is 10.1 Å². The van der Waals surface area contributed by atoms with Gasteiger partial charge in [-0.25, -0.2) is 4.39 Å². The van der Waals surface area contributed by atoms with Crippen molar-refractivity contribution in [3.8, 4) is 11.5 Å². The first kappa shape index (κ1) is 13.3. The van der Waals surface area contributed by atoms with E-state index in [1.54, 1.807) is 6.07 Å². The smallest absolute Gasteiger partial charge is 0.260 e. The van der Waals surface area contributed by atoms with Gasteiger partial charge in [0.25, 0.3) is 5.89 Å². The first-order chi connectivity index (χ1) is 10.1. The minimum absolute atomic E-state index is 0.163. The number of hydrogen-bond acceptors (Lipinski definition) is 4. The molecule has 106 valence electrons. The zero-order chi connectivity index (χ0) is 14.8. The molecule has 2 N–H and O–H groups in total. The molecule has 4 nitrogen and oxygen atoms in total. The van der Waals surface area contributed by atoms with E-state index in [1.165, 1.54) is 12.1 Å². The van der Waals surface area contributed by atoms with Crippen molar-refractivity contribution in [1.82, 2.24) is 10.1 Å². The first-order valence-corrected chi connectivity index (χ1v) is 6.56. The number of nitrogens with two attached hydrogens (primary N) is 1. The van der Waals surface area contributed by atoms with Gasteiger partial charge in [-0.3, -0.25) is 0 Å². The van der Waals surface area contributed by atoms with Crippen molar-refractivity contribution < 1.29 is 8.91 Å². The van der Waals surface area contributed by atoms with E-state index < -0.39 is 5.82 Å². The van der Waals surface area contributed by atoms with E-state index >= 15 is 0 Å². The molecule has 0 saturated heterocycles. The highest BCUT2D eigenvalue weighted by Gasteiger charge is 2.14. The van der Waals surface area contributed by atoms with Gasteiger partial charge in [0.15, 0.2) is 5.82 Å². The summed E-state index contributed by atoms with van der Waals surface area (Å²) in [5, 5.41) is 3.91. The van der Waals surface area contributed by atoms with Crippen LogP contribution in [-0.4, -0.2) is 10.1 Å². The second kappa shape index (κ2) is 5.36. The lowest BCUT2D eigenvalue weighted by Gasteiger charge is -2.01. The molecule has 0 aliphatic heterocycles. The Morgan fingerprint density at radius 2 is 2.00 bits per heavy atom. The van der Waals surface area contributed by atoms with Crippen LogP contribution in [-0.2, 0) is 6.42 Å². The molecule has 0 radical (unpaired) electrons. The number of halogens is 1. The van der Waals surface area contributed by atoms with Gasteiger partial charge in [0.1, 0.15) is 5.82 Å². The fourth-order valence-corrected chi connectivity index (χ4v) is 2.12. The molecule has 0 amide bonds. The molecule has 0 spiro atoms. The van der Waals surface area contributed by atoms with Gasteiger partial charge < -0.3 is 10.3 Å². The molecule has 1 aromatic heterocycles. The molecule has 2 aromatic carbocycles. The maximum absolute atomic E-state index is 13.8. The highest BCUT2D eigenvalue weighted by atomic mass is 19.1. The van der Waals surface area contributed by atoms with E-state index in [0.29, 0.717) is 17.9 Å². The Bertz CT molecular complexity index is 783. The largest absolute Gasteiger partial charge is 0.399 e. The summed E-state index contributed by atoms with van der Waals surface area (Å²) >= 11 is 0. The summed E-state index contributed by atoms with van der Waals surface area (Å²) in [6.45, 7) is 2.02. The Morgan fingerprint density at radius 3 is 2.76 bits per heavy atom. The highest BCUT2D eigenvalue weighted by Crippen LogP contribution is 2.23. The maximum atomic E-state index is 13.8. The second-order valence-corrected chi connectivity index (χ2v) is 4.86. The normalized spacial score (nSPS) is 10.8. The molecule has 0 aliphatic carbocycles. The molecule has 21 heavy (non-hydrogen) atoms. The third-order valence-corrected chi connectivity index (χ3v) is 3.30. The molecular formula is C16H14FN3O. The summed E-state index contributed by atoms with van der Waals surface area (Å²) < 4.78 is 19.0. The predicted molar refractivity (Wildman–Crippen MR) is 78.1 cm³/mol. The van der Waals surface area contributed by atoms with Gasteiger partial charge in [0.05, 0.1) is 5.56 Å². The molecular weight excluding hydrogens is 269 g/mol. The third kappa shape index (κ3) is 2.76. The number of hydrogen-bond donors (Lipinski definition) is 1. The molecule has 3 aromatic rings. The van der Waals surface area contributed by atoms with Gasteiger partial charge in [0, 0.05) is 12.1 Å². The molecule has 0 aliphatic rings. The maximum Gasteiger partial charge on any atom is 0.260 e. The van der Waals surface area contributed by atoms with Crippen molar-refractivity contribution in [2.24, 2.45) is 0 Å². The number of rotatable bonds is 3. The number of nitrogen functional groups attached to an aromatic ring is 1. The van der Waals surface area contributed by atoms with E-state index in [-0.39, 0.29) is 11.5 Å². The van der Waals surface area contributed by atoms with Crippen LogP contribution in [0.25, 0.3) is 11.5 Å². The fraction of sp³-hybridized carbons (Fsp3) is 0.125. The summed E-state index contributed by atoms with van der Waals surface area (Å²) in [5.41, 5.74) is 8.41. The van der Waals surface area contributed by atoms with Crippen LogP contribution in [0.5, 0.6) is 0 Å². The van der Waals surface area contributed by atoms with E-state index in [4.69, 9.17) is 10.3 Å². The van der Waals surface area contributed by atoms with E-state index in [0.717, 1.165) is 11.1 Å². The molecule has 0 bridgehead atoms. The predicted octanol–water partition coefficient (Wildman–Crippen LogP) is 3.36. The SMILES string of the molecule is Cc1ccccc1Cc1noc(-c2ccc(N)cc2F)n1. The first-order valence-electron chi connectivity index (χ1n) is 6.56. The highest BCUT2D eigenvalue weighted by molar-refractivity contribution is 5.58. The van der Waals surface area contributed by atoms with E-state index in [1.807, 2.05) is 31.2 Å². The summed E-state index contributed by atoms with van der Waals surface area (Å²) in [4.78, 5) is 4.25. The van der Waals surface area contributed by atoms with Crippen LogP contribution >= 0.6 is 0 Å². The monoisotopic (exact) mass is 283 g/mol. The lowest BCUT2D eigenvalue weighted by molar-refractivity contribution is 0.421. The zero-order valence-electron chi connectivity index (χ0n) is 11.5. The van der Waals surface area contributed by atoms with Crippen LogP contribution in [0.1, 0.15) is 17.0 Å². The van der Waals surface area contributed by atoms with Crippen molar-refractivity contribution in [2.75, 3.05) is 5.73 Å². The van der Waals surface area contributed by atoms with Crippen molar-refractivity contribution in [1.29, 1.82) is 0 Å². The number of nitrogens with zero attached hydrogens (tertiary/aromatic N) is 2. The quantitative estimate of drug-likeness (QED) is 0.748. The Morgan fingerprint density at radius 1 is 1.19 bits per heavy atom. The van der Waals surface area contributed by atoms with Gasteiger partial charge in [-0.15, -0.1) is 0 Å². The van der Waals surface area contributed by atoms with E-state index in [9.17, 15) is 4.39 Å². The Labute approximate surface area is 121 Å². The fourth-order valence-electron chi connectivity index (χ4n) is 2.12. The van der Waals surface area contributed by atoms with Gasteiger partial charge in [-0.2, -0.15) is 4.98 Å². The molecule has 1 heterocycles. The summed E-state index contributed by atoms with van der Waals surface area (Å²) in [6.07, 6.45) is 0.548. The van der Waals surface area contributed by atoms with Gasteiger partial charge in [-0.1, -0.05) is 29.4 Å². The van der Waals surface area contributed by atoms with Gasteiger partial charge >= 0.3 is 0 Å². The molecule has 3 rings (SSSR count). The van der Waals surface area contributed by atoms with Crippen LogP contribution in [0, 0.1) is 12.7 Å². The number of anilines is 1. The van der Waals surface area contributed by atoms with Crippen LogP contribution in [0.15, 0.2) is 47.0 Å². The number of benzene rings is 2. The Hall–Kier alpha value is -2.69. The van der Waals surface area contributed by atoms with Crippen LogP contribution in [0.3, 0.4) is 0 Å². The second-order valence-electron chi connectivity index (χ2n) is 4.86. The number of aryl methyl sites for hydroxylation is 1. The average molecular weight is 283 g/mol. The molecule has 0 fully saturated rings. The average Bonchev–Trinajstić information content (AvgIpc) is 2.90. The number of aromatic nitrogens is 2. The van der Waals surface area contributed by atoms with Crippen LogP contribution in [0.2, 0.25) is 0 Å². The molecule has 0 unspecified atom stereocenters. The summed E-state index contributed by atoms with van der Waals surface area (Å²) in [6, 6.07) is 12.3. The summed E-state index contributed by atoms with van der Waals surface area (Å²) in [5.74, 6) is 0.215. The minimum atomic E-state index is -0.471. The van der Waals surface area contributed by atoms with Crippen molar-refractivity contribution in [3.63, 3.8) is 0 Å². The van der Waals surface area contributed by atoms with Gasteiger partial charge in [0.2, 0.25) is 0 Å². The molecule has 0 atom stereocenters.